The predicted molar refractivity (Wildman–Crippen MR) is 119 cm³/mol. The van der Waals surface area contributed by atoms with Gasteiger partial charge in [0.15, 0.2) is 11.6 Å². The number of ether oxygens (including phenoxy) is 1. The maximum Gasteiger partial charge on any atom is 0.426 e. The zero-order valence-corrected chi connectivity index (χ0v) is 18.9. The molecule has 1 saturated carbocycles. The van der Waals surface area contributed by atoms with Crippen molar-refractivity contribution in [1.82, 2.24) is 0 Å². The lowest BCUT2D eigenvalue weighted by molar-refractivity contribution is -0.187. The summed E-state index contributed by atoms with van der Waals surface area (Å²) in [4.78, 5) is 0. The highest BCUT2D eigenvalue weighted by molar-refractivity contribution is 5.33. The average Bonchev–Trinajstić information content (AvgIpc) is 2.78. The molecule has 2 N–H and O–H groups in total. The molecule has 2 aromatic carbocycles. The third-order valence-electron chi connectivity index (χ3n) is 6.53. The molecule has 0 unspecified atom stereocenters. The van der Waals surface area contributed by atoms with Gasteiger partial charge in [0, 0.05) is 0 Å². The molecule has 0 radical (unpaired) electrons. The van der Waals surface area contributed by atoms with Crippen LogP contribution in [-0.4, -0.2) is 5.48 Å². The standard InChI is InChI=1S/C26H32F4O.H2O/c1-3-5-6-7-18-8-10-20(11-9-18)21-12-15-22(16-13-21)26(29,30)31-23-17-14-19(4-2)24(27)25(23)28;/h12-18,20H,3-11H2,1-2H3;1H2. The summed E-state index contributed by atoms with van der Waals surface area (Å²) in [6.45, 7) is 3.87. The minimum absolute atomic E-state index is 0. The SMILES string of the molecule is CCCCCC1CCC(c2ccc(C(F)(F)Oc3ccc(CC)c(F)c3F)cc2)CC1.O. The fourth-order valence-corrected chi connectivity index (χ4v) is 4.54. The average molecular weight is 455 g/mol. The molecule has 6 heteroatoms. The van der Waals surface area contributed by atoms with Gasteiger partial charge in [0.2, 0.25) is 5.82 Å². The molecule has 1 fully saturated rings. The van der Waals surface area contributed by atoms with Gasteiger partial charge in [-0.2, -0.15) is 13.2 Å². The minimum Gasteiger partial charge on any atom is -0.426 e. The van der Waals surface area contributed by atoms with E-state index in [9.17, 15) is 17.6 Å². The van der Waals surface area contributed by atoms with Crippen LogP contribution < -0.4 is 4.74 Å². The van der Waals surface area contributed by atoms with Gasteiger partial charge in [-0.3, -0.25) is 0 Å². The molecule has 0 amide bonds. The number of aryl methyl sites for hydroxylation is 1. The Kier molecular flexibility index (Phi) is 9.56. The van der Waals surface area contributed by atoms with Crippen LogP contribution in [0.5, 0.6) is 5.75 Å². The molecule has 0 aliphatic heterocycles. The lowest BCUT2D eigenvalue weighted by Gasteiger charge is -2.29. The van der Waals surface area contributed by atoms with Gasteiger partial charge in [0.05, 0.1) is 5.56 Å². The van der Waals surface area contributed by atoms with E-state index in [1.807, 2.05) is 0 Å². The quantitative estimate of drug-likeness (QED) is 0.283. The van der Waals surface area contributed by atoms with Gasteiger partial charge in [-0.15, -0.1) is 0 Å². The molecule has 0 spiro atoms. The Morgan fingerprint density at radius 3 is 2.12 bits per heavy atom. The van der Waals surface area contributed by atoms with Crippen LogP contribution in [0.1, 0.15) is 87.8 Å². The van der Waals surface area contributed by atoms with Crippen LogP contribution in [0.3, 0.4) is 0 Å². The van der Waals surface area contributed by atoms with Crippen LogP contribution in [0, 0.1) is 17.6 Å². The summed E-state index contributed by atoms with van der Waals surface area (Å²) < 4.78 is 61.8. The van der Waals surface area contributed by atoms with Gasteiger partial charge in [-0.1, -0.05) is 57.7 Å². The highest BCUT2D eigenvalue weighted by Crippen LogP contribution is 2.39. The molecule has 0 bridgehead atoms. The lowest BCUT2D eigenvalue weighted by atomic mass is 9.77. The van der Waals surface area contributed by atoms with Gasteiger partial charge in [-0.25, -0.2) is 4.39 Å². The highest BCUT2D eigenvalue weighted by Gasteiger charge is 2.36. The fourth-order valence-electron chi connectivity index (χ4n) is 4.54. The van der Waals surface area contributed by atoms with Crippen LogP contribution in [-0.2, 0) is 12.5 Å². The van der Waals surface area contributed by atoms with Crippen LogP contribution in [0.25, 0.3) is 0 Å². The zero-order valence-electron chi connectivity index (χ0n) is 18.9. The van der Waals surface area contributed by atoms with Crippen molar-refractivity contribution in [3.63, 3.8) is 0 Å². The Morgan fingerprint density at radius 1 is 0.875 bits per heavy atom. The molecule has 1 aliphatic rings. The Hall–Kier alpha value is -2.08. The number of hydrogen-bond donors (Lipinski definition) is 0. The van der Waals surface area contributed by atoms with Gasteiger partial charge in [-0.05, 0) is 73.3 Å². The van der Waals surface area contributed by atoms with Gasteiger partial charge in [0.25, 0.3) is 0 Å². The number of unbranched alkanes of at least 4 members (excludes halogenated alkanes) is 2. The van der Waals surface area contributed by atoms with Crippen LogP contribution in [0.15, 0.2) is 36.4 Å². The largest absolute Gasteiger partial charge is 0.426 e. The number of halogens is 4. The van der Waals surface area contributed by atoms with Crippen LogP contribution >= 0.6 is 0 Å². The maximum atomic E-state index is 14.6. The smallest absolute Gasteiger partial charge is 0.426 e. The van der Waals surface area contributed by atoms with Crippen molar-refractivity contribution in [2.24, 2.45) is 5.92 Å². The monoisotopic (exact) mass is 454 g/mol. The molecule has 1 aliphatic carbocycles. The van der Waals surface area contributed by atoms with Crippen molar-refractivity contribution in [1.29, 1.82) is 0 Å². The lowest BCUT2D eigenvalue weighted by Crippen LogP contribution is -2.23. The second-order valence-corrected chi connectivity index (χ2v) is 8.66. The summed E-state index contributed by atoms with van der Waals surface area (Å²) in [5.41, 5.74) is 0.803. The van der Waals surface area contributed by atoms with E-state index in [4.69, 9.17) is 0 Å². The molecule has 0 saturated heterocycles. The van der Waals surface area contributed by atoms with E-state index < -0.39 is 23.5 Å². The molecule has 178 valence electrons. The third-order valence-corrected chi connectivity index (χ3v) is 6.53. The fraction of sp³-hybridized carbons (Fsp3) is 0.538. The molecule has 3 rings (SSSR count). The summed E-state index contributed by atoms with van der Waals surface area (Å²) in [6.07, 6.45) is 6.16. The van der Waals surface area contributed by atoms with Crippen molar-refractivity contribution in [3.05, 3.63) is 64.7 Å². The molecule has 0 atom stereocenters. The minimum atomic E-state index is -3.75. The van der Waals surface area contributed by atoms with Crippen LogP contribution in [0.2, 0.25) is 0 Å². The Bertz CT molecular complexity index is 844. The van der Waals surface area contributed by atoms with E-state index >= 15 is 0 Å². The summed E-state index contributed by atoms with van der Waals surface area (Å²) in [5, 5.41) is 0. The normalized spacial score (nSPS) is 18.8. The molecular weight excluding hydrogens is 420 g/mol. The molecule has 32 heavy (non-hydrogen) atoms. The Morgan fingerprint density at radius 2 is 1.53 bits per heavy atom. The first-order chi connectivity index (χ1) is 14.9. The van der Waals surface area contributed by atoms with E-state index in [1.165, 1.54) is 56.7 Å². The summed E-state index contributed by atoms with van der Waals surface area (Å²) in [5.74, 6) is -2.14. The van der Waals surface area contributed by atoms with Crippen molar-refractivity contribution in [2.75, 3.05) is 0 Å². The summed E-state index contributed by atoms with van der Waals surface area (Å²) in [7, 11) is 0. The second kappa shape index (κ2) is 11.7. The summed E-state index contributed by atoms with van der Waals surface area (Å²) >= 11 is 0. The van der Waals surface area contributed by atoms with Crippen molar-refractivity contribution in [2.45, 2.75) is 83.7 Å². The first-order valence-electron chi connectivity index (χ1n) is 11.5. The van der Waals surface area contributed by atoms with E-state index in [-0.39, 0.29) is 23.0 Å². The molecule has 2 aromatic rings. The molecule has 0 aromatic heterocycles. The van der Waals surface area contributed by atoms with E-state index in [0.29, 0.717) is 5.92 Å². The first-order valence-corrected chi connectivity index (χ1v) is 11.5. The number of alkyl halides is 2. The van der Waals surface area contributed by atoms with E-state index in [0.717, 1.165) is 30.4 Å². The highest BCUT2D eigenvalue weighted by atomic mass is 19.3. The topological polar surface area (TPSA) is 40.7 Å². The Balaban J connectivity index is 0.00000363. The zero-order chi connectivity index (χ0) is 22.4. The summed E-state index contributed by atoms with van der Waals surface area (Å²) in [6, 6.07) is 8.41. The molecule has 2 nitrogen and oxygen atoms in total. The third kappa shape index (κ3) is 6.25. The molecule has 0 heterocycles. The molecular formula is C26H34F4O2. The maximum absolute atomic E-state index is 14.6. The van der Waals surface area contributed by atoms with Crippen molar-refractivity contribution in [3.8, 4) is 5.75 Å². The first kappa shape index (κ1) is 26.2. The van der Waals surface area contributed by atoms with Gasteiger partial charge < -0.3 is 10.2 Å². The number of benzene rings is 2. The second-order valence-electron chi connectivity index (χ2n) is 8.66. The van der Waals surface area contributed by atoms with Crippen LogP contribution in [0.4, 0.5) is 17.6 Å². The number of hydrogen-bond acceptors (Lipinski definition) is 1. The van der Waals surface area contributed by atoms with Gasteiger partial charge in [0.1, 0.15) is 0 Å². The van der Waals surface area contributed by atoms with E-state index in [2.05, 4.69) is 11.7 Å². The van der Waals surface area contributed by atoms with Crippen molar-refractivity contribution >= 4 is 0 Å². The number of rotatable bonds is 9. The Labute approximate surface area is 188 Å². The van der Waals surface area contributed by atoms with Crippen molar-refractivity contribution < 1.29 is 27.8 Å². The van der Waals surface area contributed by atoms with Gasteiger partial charge >= 0.3 is 6.11 Å². The van der Waals surface area contributed by atoms with E-state index in [1.54, 1.807) is 19.1 Å². The predicted octanol–water partition coefficient (Wildman–Crippen LogP) is 7.68.